The summed E-state index contributed by atoms with van der Waals surface area (Å²) >= 11 is 9.66. The van der Waals surface area contributed by atoms with Gasteiger partial charge in [0.1, 0.15) is 12.5 Å². The highest BCUT2D eigenvalue weighted by Gasteiger charge is 2.10. The summed E-state index contributed by atoms with van der Waals surface area (Å²) in [6, 6.07) is 11.7. The fourth-order valence-corrected chi connectivity index (χ4v) is 2.55. The van der Waals surface area contributed by atoms with Crippen LogP contribution in [0.25, 0.3) is 0 Å². The van der Waals surface area contributed by atoms with E-state index in [4.69, 9.17) is 21.1 Å². The number of ether oxygens (including phenoxy) is 2. The van der Waals surface area contributed by atoms with Crippen LogP contribution in [-0.4, -0.2) is 0 Å². The molecular formula is C15H10BrClO2. The molecule has 19 heavy (non-hydrogen) atoms. The smallest absolute Gasteiger partial charge is 0.169 e. The minimum Gasteiger partial charge on any atom is -0.458 e. The van der Waals surface area contributed by atoms with Gasteiger partial charge in [-0.05, 0) is 47.9 Å². The van der Waals surface area contributed by atoms with E-state index in [1.165, 1.54) is 12.5 Å². The highest BCUT2D eigenvalue weighted by Crippen LogP contribution is 2.32. The lowest BCUT2D eigenvalue weighted by molar-refractivity contribution is 0.361. The Morgan fingerprint density at radius 3 is 2.58 bits per heavy atom. The Morgan fingerprint density at radius 2 is 1.74 bits per heavy atom. The largest absolute Gasteiger partial charge is 0.458 e. The summed E-state index contributed by atoms with van der Waals surface area (Å²) in [5.41, 5.74) is 2.20. The summed E-state index contributed by atoms with van der Waals surface area (Å²) in [4.78, 5) is 0. The third kappa shape index (κ3) is 2.77. The summed E-state index contributed by atoms with van der Waals surface area (Å²) in [5, 5.41) is 0.762. The van der Waals surface area contributed by atoms with Gasteiger partial charge >= 0.3 is 0 Å². The average molecular weight is 338 g/mol. The van der Waals surface area contributed by atoms with Crippen molar-refractivity contribution in [1.82, 2.24) is 0 Å². The molecule has 2 aromatic rings. The van der Waals surface area contributed by atoms with Crippen molar-refractivity contribution < 1.29 is 9.47 Å². The molecule has 0 N–H and O–H groups in total. The molecule has 1 aliphatic rings. The van der Waals surface area contributed by atoms with Crippen molar-refractivity contribution in [2.75, 3.05) is 0 Å². The highest BCUT2D eigenvalue weighted by molar-refractivity contribution is 9.10. The first kappa shape index (κ1) is 12.6. The summed E-state index contributed by atoms with van der Waals surface area (Å²) in [7, 11) is 0. The quantitative estimate of drug-likeness (QED) is 0.773. The number of hydrogen-bond donors (Lipinski definition) is 0. The molecule has 0 unspecified atom stereocenters. The van der Waals surface area contributed by atoms with E-state index in [-0.39, 0.29) is 0 Å². The molecular weight excluding hydrogens is 328 g/mol. The number of rotatable bonds is 2. The number of hydrogen-bond acceptors (Lipinski definition) is 2. The topological polar surface area (TPSA) is 18.5 Å². The fourth-order valence-electron chi connectivity index (χ4n) is 1.95. The van der Waals surface area contributed by atoms with Crippen molar-refractivity contribution in [1.29, 1.82) is 0 Å². The van der Waals surface area contributed by atoms with Crippen LogP contribution in [0.5, 0.6) is 11.5 Å². The van der Waals surface area contributed by atoms with E-state index in [0.29, 0.717) is 0 Å². The number of halogens is 2. The molecule has 0 spiro atoms. The van der Waals surface area contributed by atoms with Gasteiger partial charge in [0.05, 0.1) is 0 Å². The first-order chi connectivity index (χ1) is 9.22. The van der Waals surface area contributed by atoms with E-state index in [1.807, 2.05) is 36.4 Å². The zero-order valence-corrected chi connectivity index (χ0v) is 12.2. The SMILES string of the molecule is Clc1ccc(Br)cc1Cc1ccc2c(c1)OC=CO2. The van der Waals surface area contributed by atoms with Crippen molar-refractivity contribution in [3.05, 3.63) is 69.5 Å². The first-order valence-electron chi connectivity index (χ1n) is 5.77. The summed E-state index contributed by atoms with van der Waals surface area (Å²) in [6.07, 6.45) is 3.80. The second kappa shape index (κ2) is 5.27. The molecule has 0 amide bonds. The summed E-state index contributed by atoms with van der Waals surface area (Å²) in [5.74, 6) is 1.46. The van der Waals surface area contributed by atoms with E-state index in [0.717, 1.165) is 38.5 Å². The van der Waals surface area contributed by atoms with Gasteiger partial charge in [-0.3, -0.25) is 0 Å². The van der Waals surface area contributed by atoms with Gasteiger partial charge in [-0.25, -0.2) is 0 Å². The maximum Gasteiger partial charge on any atom is 0.169 e. The van der Waals surface area contributed by atoms with Crippen LogP contribution >= 0.6 is 27.5 Å². The van der Waals surface area contributed by atoms with Crippen LogP contribution in [-0.2, 0) is 6.42 Å². The molecule has 1 aliphatic heterocycles. The van der Waals surface area contributed by atoms with Gasteiger partial charge in [0, 0.05) is 9.50 Å². The Balaban J connectivity index is 1.90. The third-order valence-electron chi connectivity index (χ3n) is 2.86. The molecule has 3 rings (SSSR count). The first-order valence-corrected chi connectivity index (χ1v) is 6.95. The fraction of sp³-hybridized carbons (Fsp3) is 0.0667. The van der Waals surface area contributed by atoms with Crippen LogP contribution < -0.4 is 9.47 Å². The molecule has 0 bridgehead atoms. The monoisotopic (exact) mass is 336 g/mol. The molecule has 0 saturated carbocycles. The molecule has 96 valence electrons. The van der Waals surface area contributed by atoms with E-state index < -0.39 is 0 Å². The molecule has 0 aliphatic carbocycles. The highest BCUT2D eigenvalue weighted by atomic mass is 79.9. The molecule has 0 saturated heterocycles. The van der Waals surface area contributed by atoms with Gasteiger partial charge in [0.15, 0.2) is 11.5 Å². The van der Waals surface area contributed by atoms with Crippen molar-refractivity contribution in [3.63, 3.8) is 0 Å². The van der Waals surface area contributed by atoms with E-state index in [1.54, 1.807) is 0 Å². The van der Waals surface area contributed by atoms with Crippen LogP contribution in [0.4, 0.5) is 0 Å². The van der Waals surface area contributed by atoms with Gasteiger partial charge in [0.25, 0.3) is 0 Å². The molecule has 0 aromatic heterocycles. The van der Waals surface area contributed by atoms with Crippen LogP contribution in [0.3, 0.4) is 0 Å². The van der Waals surface area contributed by atoms with Gasteiger partial charge in [0.2, 0.25) is 0 Å². The van der Waals surface area contributed by atoms with Gasteiger partial charge in [-0.1, -0.05) is 33.6 Å². The van der Waals surface area contributed by atoms with Crippen molar-refractivity contribution in [2.24, 2.45) is 0 Å². The molecule has 2 aromatic carbocycles. The Kier molecular flexibility index (Phi) is 3.49. The van der Waals surface area contributed by atoms with E-state index >= 15 is 0 Å². The zero-order valence-electron chi connectivity index (χ0n) is 9.90. The molecule has 1 heterocycles. The lowest BCUT2D eigenvalue weighted by Crippen LogP contribution is -1.98. The predicted molar refractivity (Wildman–Crippen MR) is 78.8 cm³/mol. The van der Waals surface area contributed by atoms with Crippen LogP contribution in [0, 0.1) is 0 Å². The summed E-state index contributed by atoms with van der Waals surface area (Å²) in [6.45, 7) is 0. The van der Waals surface area contributed by atoms with Gasteiger partial charge in [-0.2, -0.15) is 0 Å². The van der Waals surface area contributed by atoms with Crippen molar-refractivity contribution >= 4 is 27.5 Å². The van der Waals surface area contributed by atoms with E-state index in [9.17, 15) is 0 Å². The van der Waals surface area contributed by atoms with Crippen LogP contribution in [0.1, 0.15) is 11.1 Å². The van der Waals surface area contributed by atoms with Gasteiger partial charge < -0.3 is 9.47 Å². The summed E-state index contributed by atoms with van der Waals surface area (Å²) < 4.78 is 11.8. The normalized spacial score (nSPS) is 12.5. The zero-order chi connectivity index (χ0) is 13.2. The number of benzene rings is 2. The second-order valence-electron chi connectivity index (χ2n) is 4.20. The lowest BCUT2D eigenvalue weighted by Gasteiger charge is -2.13. The molecule has 4 heteroatoms. The minimum atomic E-state index is 0.728. The molecule has 0 fully saturated rings. The minimum absolute atomic E-state index is 0.728. The molecule has 0 atom stereocenters. The van der Waals surface area contributed by atoms with Crippen LogP contribution in [0.15, 0.2) is 53.4 Å². The van der Waals surface area contributed by atoms with Crippen LogP contribution in [0.2, 0.25) is 5.02 Å². The maximum absolute atomic E-state index is 6.20. The predicted octanol–water partition coefficient (Wildman–Crippen LogP) is 4.94. The van der Waals surface area contributed by atoms with Gasteiger partial charge in [-0.15, -0.1) is 0 Å². The Labute approximate surface area is 124 Å². The molecule has 2 nitrogen and oxygen atoms in total. The maximum atomic E-state index is 6.20. The second-order valence-corrected chi connectivity index (χ2v) is 5.52. The standard InChI is InChI=1S/C15H10BrClO2/c16-12-2-3-13(17)11(9-12)7-10-1-4-14-15(8-10)19-6-5-18-14/h1-6,8-9H,7H2. The Hall–Kier alpha value is -1.45. The third-order valence-corrected chi connectivity index (χ3v) is 3.72. The van der Waals surface area contributed by atoms with Crippen molar-refractivity contribution in [2.45, 2.75) is 6.42 Å². The molecule has 0 radical (unpaired) electrons. The average Bonchev–Trinajstić information content (AvgIpc) is 2.43. The van der Waals surface area contributed by atoms with Crippen molar-refractivity contribution in [3.8, 4) is 11.5 Å². The Morgan fingerprint density at radius 1 is 0.947 bits per heavy atom. The number of fused-ring (bicyclic) bond motifs is 1. The lowest BCUT2D eigenvalue weighted by atomic mass is 10.0. The Bertz CT molecular complexity index is 653. The van der Waals surface area contributed by atoms with E-state index in [2.05, 4.69) is 15.9 Å².